The van der Waals surface area contributed by atoms with Gasteiger partial charge in [-0.15, -0.1) is 13.2 Å². The van der Waals surface area contributed by atoms with Gasteiger partial charge in [-0.2, -0.15) is 0 Å². The summed E-state index contributed by atoms with van der Waals surface area (Å²) in [6.45, 7) is 2.78. The largest absolute Gasteiger partial charge is 0.573 e. The summed E-state index contributed by atoms with van der Waals surface area (Å²) in [6, 6.07) is 12.3. The number of carbonyl (C=O) groups excluding carboxylic acids is 2. The third-order valence-electron chi connectivity index (χ3n) is 7.83. The zero-order valence-corrected chi connectivity index (χ0v) is 22.9. The number of carbonyl (C=O) groups is 3. The average Bonchev–Trinajstić information content (AvgIpc) is 2.93. The molecule has 2 N–H and O–H groups in total. The first-order chi connectivity index (χ1) is 19.4. The van der Waals surface area contributed by atoms with E-state index in [1.54, 1.807) is 12.1 Å². The summed E-state index contributed by atoms with van der Waals surface area (Å²) in [5, 5.41) is 11.3. The van der Waals surface area contributed by atoms with Crippen LogP contribution >= 0.6 is 0 Å². The molecule has 1 saturated carbocycles. The summed E-state index contributed by atoms with van der Waals surface area (Å²) in [5.74, 6) is -1.66. The van der Waals surface area contributed by atoms with Crippen LogP contribution in [0.2, 0.25) is 0 Å². The van der Waals surface area contributed by atoms with E-state index in [4.69, 9.17) is 10.1 Å². The van der Waals surface area contributed by atoms with E-state index in [1.807, 2.05) is 19.1 Å². The van der Waals surface area contributed by atoms with Gasteiger partial charge >= 0.3 is 12.3 Å². The van der Waals surface area contributed by atoms with Gasteiger partial charge in [0.2, 0.25) is 0 Å². The maximum Gasteiger partial charge on any atom is 0.573 e. The second kappa shape index (κ2) is 12.8. The van der Waals surface area contributed by atoms with Crippen LogP contribution in [-0.4, -0.2) is 65.0 Å². The molecule has 11 heteroatoms. The van der Waals surface area contributed by atoms with Gasteiger partial charge in [0.1, 0.15) is 17.1 Å². The van der Waals surface area contributed by atoms with Crippen molar-refractivity contribution < 1.29 is 37.4 Å². The minimum atomic E-state index is -4.80. The van der Waals surface area contributed by atoms with E-state index >= 15 is 0 Å². The van der Waals surface area contributed by atoms with Crippen molar-refractivity contribution in [1.29, 1.82) is 0 Å². The molecule has 0 bridgehead atoms. The van der Waals surface area contributed by atoms with Crippen molar-refractivity contribution in [1.82, 2.24) is 10.2 Å². The molecule has 8 nitrogen and oxygen atoms in total. The molecule has 0 aromatic heterocycles. The van der Waals surface area contributed by atoms with E-state index in [9.17, 15) is 27.6 Å². The zero-order valence-electron chi connectivity index (χ0n) is 22.9. The highest BCUT2D eigenvalue weighted by Crippen LogP contribution is 2.40. The highest BCUT2D eigenvalue weighted by molar-refractivity contribution is 6.47. The number of amides is 1. The molecule has 220 valence electrons. The monoisotopic (exact) mass is 573 g/mol. The molecule has 0 spiro atoms. The van der Waals surface area contributed by atoms with Gasteiger partial charge in [-0.05, 0) is 74.1 Å². The average molecular weight is 574 g/mol. The van der Waals surface area contributed by atoms with Crippen LogP contribution in [0, 0.1) is 5.92 Å². The fourth-order valence-corrected chi connectivity index (χ4v) is 5.58. The smallest absolute Gasteiger partial charge is 0.481 e. The van der Waals surface area contributed by atoms with E-state index < -0.39 is 18.0 Å². The number of aliphatic imine (C=N–C) groups is 1. The number of alkyl halides is 3. The number of rotatable bonds is 10. The number of carboxylic acids is 1. The maximum absolute atomic E-state index is 13.3. The van der Waals surface area contributed by atoms with Crippen LogP contribution in [0.25, 0.3) is 0 Å². The number of halogens is 3. The number of carboxylic acid groups (broad SMARTS) is 1. The van der Waals surface area contributed by atoms with Crippen molar-refractivity contribution in [3.63, 3.8) is 0 Å². The van der Waals surface area contributed by atoms with Gasteiger partial charge in [0.05, 0.1) is 13.0 Å². The Balaban J connectivity index is 1.50. The van der Waals surface area contributed by atoms with Crippen molar-refractivity contribution in [2.45, 2.75) is 63.9 Å². The molecule has 1 unspecified atom stereocenters. The normalized spacial score (nSPS) is 20.4. The summed E-state index contributed by atoms with van der Waals surface area (Å²) in [7, 11) is 0. The van der Waals surface area contributed by atoms with E-state index in [0.717, 1.165) is 37.7 Å². The summed E-state index contributed by atoms with van der Waals surface area (Å²) in [5.41, 5.74) is 1.48. The Kier molecular flexibility index (Phi) is 9.47. The van der Waals surface area contributed by atoms with E-state index in [-0.39, 0.29) is 48.6 Å². The second-order valence-corrected chi connectivity index (χ2v) is 10.7. The molecule has 2 aromatic rings. The standard InChI is InChI=1S/C30H34F3N3O5/c1-29(23-5-3-2-4-6-23)35-27(21-11-13-24(14-12-21)41-30(31,32)33)25(37)19-36(29)18-16-20-7-9-22(10-8-20)28(40)34-17-15-26(38)39/h7-14,23H,2-6,15-19H2,1H3,(H,34,40)(H,38,39). The predicted octanol–water partition coefficient (Wildman–Crippen LogP) is 5.00. The molecule has 41 heavy (non-hydrogen) atoms. The minimum absolute atomic E-state index is 0.0483. The highest BCUT2D eigenvalue weighted by atomic mass is 19.4. The fourth-order valence-electron chi connectivity index (χ4n) is 5.58. The third kappa shape index (κ3) is 7.93. The molecule has 1 aliphatic heterocycles. The number of ketones is 1. The fraction of sp³-hybridized carbons (Fsp3) is 0.467. The molecule has 1 atom stereocenters. The van der Waals surface area contributed by atoms with Crippen LogP contribution in [0.5, 0.6) is 5.75 Å². The number of nitrogens with one attached hydrogen (secondary N) is 1. The Labute approximate surface area is 236 Å². The SMILES string of the molecule is CC1(C2CCCCC2)N=C(c2ccc(OC(F)(F)F)cc2)C(=O)CN1CCc1ccc(C(=O)NCCC(=O)O)cc1. The molecule has 4 rings (SSSR count). The Bertz CT molecular complexity index is 1270. The first kappa shape index (κ1) is 30.2. The lowest BCUT2D eigenvalue weighted by Gasteiger charge is -2.47. The van der Waals surface area contributed by atoms with Gasteiger partial charge < -0.3 is 15.2 Å². The van der Waals surface area contributed by atoms with Crippen LogP contribution in [0.1, 0.15) is 66.9 Å². The first-order valence-corrected chi connectivity index (χ1v) is 13.8. The Morgan fingerprint density at radius 2 is 1.73 bits per heavy atom. The van der Waals surface area contributed by atoms with E-state index in [0.29, 0.717) is 24.1 Å². The van der Waals surface area contributed by atoms with Crippen LogP contribution in [-0.2, 0) is 16.0 Å². The minimum Gasteiger partial charge on any atom is -0.481 e. The lowest BCUT2D eigenvalue weighted by molar-refractivity contribution is -0.274. The summed E-state index contributed by atoms with van der Waals surface area (Å²) in [4.78, 5) is 43.3. The van der Waals surface area contributed by atoms with Gasteiger partial charge in [0, 0.05) is 24.2 Å². The van der Waals surface area contributed by atoms with Crippen molar-refractivity contribution in [3.05, 3.63) is 65.2 Å². The second-order valence-electron chi connectivity index (χ2n) is 10.7. The molecule has 0 radical (unpaired) electrons. The molecule has 1 heterocycles. The van der Waals surface area contributed by atoms with Crippen LogP contribution < -0.4 is 10.1 Å². The topological polar surface area (TPSA) is 108 Å². The number of hydrogen-bond donors (Lipinski definition) is 2. The summed E-state index contributed by atoms with van der Waals surface area (Å²) >= 11 is 0. The summed E-state index contributed by atoms with van der Waals surface area (Å²) in [6.07, 6.45) is 0.918. The molecule has 2 aliphatic rings. The number of ether oxygens (including phenoxy) is 1. The molecule has 1 fully saturated rings. The van der Waals surface area contributed by atoms with Crippen LogP contribution in [0.4, 0.5) is 13.2 Å². The highest BCUT2D eigenvalue weighted by Gasteiger charge is 2.44. The van der Waals surface area contributed by atoms with Gasteiger partial charge in [-0.25, -0.2) is 0 Å². The molecule has 0 saturated heterocycles. The van der Waals surface area contributed by atoms with Crippen molar-refractivity contribution >= 4 is 23.4 Å². The molecular weight excluding hydrogens is 539 g/mol. The predicted molar refractivity (Wildman–Crippen MR) is 146 cm³/mol. The number of benzene rings is 2. The van der Waals surface area contributed by atoms with Crippen molar-refractivity contribution in [2.75, 3.05) is 19.6 Å². The van der Waals surface area contributed by atoms with Crippen LogP contribution in [0.3, 0.4) is 0 Å². The Morgan fingerprint density at radius 1 is 1.07 bits per heavy atom. The lowest BCUT2D eigenvalue weighted by Crippen LogP contribution is -2.58. The first-order valence-electron chi connectivity index (χ1n) is 13.8. The molecular formula is C30H34F3N3O5. The number of aliphatic carboxylic acids is 1. The number of hydrogen-bond acceptors (Lipinski definition) is 6. The van der Waals surface area contributed by atoms with E-state index in [1.165, 1.54) is 24.3 Å². The lowest BCUT2D eigenvalue weighted by atomic mass is 9.78. The third-order valence-corrected chi connectivity index (χ3v) is 7.83. The number of Topliss-reactive ketones (excluding diaryl/α,β-unsaturated/α-hetero) is 1. The summed E-state index contributed by atoms with van der Waals surface area (Å²) < 4.78 is 41.7. The number of nitrogens with zero attached hydrogens (tertiary/aromatic N) is 2. The molecule has 1 amide bonds. The van der Waals surface area contributed by atoms with Gasteiger partial charge in [-0.3, -0.25) is 24.3 Å². The van der Waals surface area contributed by atoms with Gasteiger partial charge in [0.25, 0.3) is 5.91 Å². The molecule has 1 aliphatic carbocycles. The van der Waals surface area contributed by atoms with Gasteiger partial charge in [0.15, 0.2) is 5.78 Å². The van der Waals surface area contributed by atoms with Crippen molar-refractivity contribution in [3.8, 4) is 5.75 Å². The quantitative estimate of drug-likeness (QED) is 0.414. The van der Waals surface area contributed by atoms with Gasteiger partial charge in [-0.1, -0.05) is 31.4 Å². The Hall–Kier alpha value is -3.73. The maximum atomic E-state index is 13.3. The van der Waals surface area contributed by atoms with Crippen LogP contribution in [0.15, 0.2) is 53.5 Å². The zero-order chi connectivity index (χ0) is 29.6. The Morgan fingerprint density at radius 3 is 2.34 bits per heavy atom. The van der Waals surface area contributed by atoms with Crippen molar-refractivity contribution in [2.24, 2.45) is 10.9 Å². The van der Waals surface area contributed by atoms with E-state index in [2.05, 4.69) is 15.0 Å². The molecule has 2 aromatic carbocycles.